The maximum Gasteiger partial charge on any atom is 0.534 e. The fourth-order valence-corrected chi connectivity index (χ4v) is 3.94. The molecule has 0 amide bonds. The smallest absolute Gasteiger partial charge is 0.381 e. The largest absolute Gasteiger partial charge is 0.534 e. The van der Waals surface area contributed by atoms with E-state index < -0.39 is 23.7 Å². The molecule has 8 heteroatoms. The molecule has 24 heavy (non-hydrogen) atoms. The SMILES string of the molecule is C[Si](C)(C)C/C=C\CCCC1CCCC=C1OS(=O)(=O)C(F)(F)F. The van der Waals surface area contributed by atoms with Crippen molar-refractivity contribution in [3.8, 4) is 0 Å². The Morgan fingerprint density at radius 2 is 1.96 bits per heavy atom. The zero-order valence-electron chi connectivity index (χ0n) is 14.5. The van der Waals surface area contributed by atoms with E-state index in [-0.39, 0.29) is 11.7 Å². The van der Waals surface area contributed by atoms with Crippen molar-refractivity contribution in [2.45, 2.75) is 69.7 Å². The molecule has 0 spiro atoms. The van der Waals surface area contributed by atoms with Gasteiger partial charge in [-0.15, -0.1) is 0 Å². The maximum atomic E-state index is 12.5. The predicted molar refractivity (Wildman–Crippen MR) is 92.6 cm³/mol. The summed E-state index contributed by atoms with van der Waals surface area (Å²) in [7, 11) is -6.66. The van der Waals surface area contributed by atoms with Gasteiger partial charge in [0, 0.05) is 14.0 Å². The third-order valence-corrected chi connectivity index (χ3v) is 6.25. The first-order valence-corrected chi connectivity index (χ1v) is 13.4. The molecule has 3 nitrogen and oxygen atoms in total. The Bertz CT molecular complexity index is 560. The second-order valence-corrected chi connectivity index (χ2v) is 14.5. The Kier molecular flexibility index (Phi) is 7.59. The standard InChI is InChI=1S/C16H27F3O3SSi/c1-24(2,3)13-9-5-4-6-10-14-11-7-8-12-15(14)22-23(20,21)16(17,18)19/h5,9,12,14H,4,6-8,10-11,13H2,1-3H3/b9-5-. The van der Waals surface area contributed by atoms with E-state index in [2.05, 4.69) is 36.0 Å². The van der Waals surface area contributed by atoms with Crippen LogP contribution < -0.4 is 0 Å². The average Bonchev–Trinajstić information content (AvgIpc) is 2.41. The van der Waals surface area contributed by atoms with Crippen molar-refractivity contribution >= 4 is 18.2 Å². The van der Waals surface area contributed by atoms with Crippen molar-refractivity contribution in [1.29, 1.82) is 0 Å². The topological polar surface area (TPSA) is 43.4 Å². The molecular weight excluding hydrogens is 357 g/mol. The van der Waals surface area contributed by atoms with Crippen LogP contribution in [0.4, 0.5) is 13.2 Å². The van der Waals surface area contributed by atoms with Crippen LogP contribution in [-0.2, 0) is 14.3 Å². The Morgan fingerprint density at radius 1 is 1.29 bits per heavy atom. The molecule has 140 valence electrons. The number of unbranched alkanes of at least 4 members (excludes halogenated alkanes) is 1. The van der Waals surface area contributed by atoms with Crippen molar-refractivity contribution in [2.75, 3.05) is 0 Å². The first-order valence-electron chi connectivity index (χ1n) is 8.28. The number of allylic oxidation sites excluding steroid dienone is 4. The van der Waals surface area contributed by atoms with Gasteiger partial charge in [0.25, 0.3) is 0 Å². The fourth-order valence-electron chi connectivity index (χ4n) is 2.52. The predicted octanol–water partition coefficient (Wildman–Crippen LogP) is 5.60. The number of alkyl halides is 3. The van der Waals surface area contributed by atoms with Crippen molar-refractivity contribution in [1.82, 2.24) is 0 Å². The first-order chi connectivity index (χ1) is 10.9. The monoisotopic (exact) mass is 384 g/mol. The van der Waals surface area contributed by atoms with E-state index in [9.17, 15) is 21.6 Å². The van der Waals surface area contributed by atoms with Gasteiger partial charge in [-0.1, -0.05) is 31.8 Å². The molecular formula is C16H27F3O3SSi. The van der Waals surface area contributed by atoms with Gasteiger partial charge in [0.2, 0.25) is 0 Å². The van der Waals surface area contributed by atoms with Crippen LogP contribution in [0.15, 0.2) is 24.0 Å². The van der Waals surface area contributed by atoms with Crippen LogP contribution >= 0.6 is 0 Å². The number of hydrogen-bond acceptors (Lipinski definition) is 3. The van der Waals surface area contributed by atoms with Crippen LogP contribution in [0.1, 0.15) is 38.5 Å². The molecule has 0 saturated heterocycles. The van der Waals surface area contributed by atoms with Crippen LogP contribution in [-0.4, -0.2) is 22.0 Å². The molecule has 0 aromatic rings. The highest BCUT2D eigenvalue weighted by molar-refractivity contribution is 7.87. The molecule has 0 saturated carbocycles. The summed E-state index contributed by atoms with van der Waals surface area (Å²) in [5, 5.41) is 0. The molecule has 1 aliphatic carbocycles. The van der Waals surface area contributed by atoms with Crippen LogP contribution in [0.25, 0.3) is 0 Å². The molecule has 0 fully saturated rings. The Morgan fingerprint density at radius 3 is 2.54 bits per heavy atom. The third kappa shape index (κ3) is 7.42. The highest BCUT2D eigenvalue weighted by Crippen LogP contribution is 2.34. The van der Waals surface area contributed by atoms with Crippen molar-refractivity contribution in [3.05, 3.63) is 24.0 Å². The van der Waals surface area contributed by atoms with Gasteiger partial charge in [0.15, 0.2) is 0 Å². The summed E-state index contributed by atoms with van der Waals surface area (Å²) in [6.45, 7) is 6.86. The molecule has 0 bridgehead atoms. The van der Waals surface area contributed by atoms with E-state index in [1.807, 2.05) is 0 Å². The van der Waals surface area contributed by atoms with Gasteiger partial charge in [0.1, 0.15) is 5.76 Å². The fraction of sp³-hybridized carbons (Fsp3) is 0.750. The molecule has 0 radical (unpaired) electrons. The van der Waals surface area contributed by atoms with E-state index in [0.717, 1.165) is 25.3 Å². The van der Waals surface area contributed by atoms with Crippen LogP contribution in [0.5, 0.6) is 0 Å². The molecule has 0 N–H and O–H groups in total. The Balaban J connectivity index is 2.52. The average molecular weight is 385 g/mol. The molecule has 0 aromatic carbocycles. The minimum atomic E-state index is -5.56. The summed E-state index contributed by atoms with van der Waals surface area (Å²) in [5.41, 5.74) is -5.38. The number of rotatable bonds is 8. The van der Waals surface area contributed by atoms with E-state index in [0.29, 0.717) is 19.3 Å². The Hall–Kier alpha value is -0.763. The van der Waals surface area contributed by atoms with Gasteiger partial charge >= 0.3 is 15.6 Å². The maximum absolute atomic E-state index is 12.5. The van der Waals surface area contributed by atoms with Gasteiger partial charge in [-0.2, -0.15) is 21.6 Å². The summed E-state index contributed by atoms with van der Waals surface area (Å²) < 4.78 is 64.1. The lowest BCUT2D eigenvalue weighted by atomic mass is 9.89. The van der Waals surface area contributed by atoms with Gasteiger partial charge in [-0.25, -0.2) is 0 Å². The summed E-state index contributed by atoms with van der Waals surface area (Å²) in [4.78, 5) is 0. The summed E-state index contributed by atoms with van der Waals surface area (Å²) in [5.74, 6) is -0.286. The van der Waals surface area contributed by atoms with E-state index in [4.69, 9.17) is 0 Å². The lowest BCUT2D eigenvalue weighted by molar-refractivity contribution is -0.0528. The van der Waals surface area contributed by atoms with Gasteiger partial charge in [-0.3, -0.25) is 0 Å². The van der Waals surface area contributed by atoms with Crippen LogP contribution in [0, 0.1) is 5.92 Å². The third-order valence-electron chi connectivity index (χ3n) is 3.81. The van der Waals surface area contributed by atoms with E-state index in [1.165, 1.54) is 6.08 Å². The van der Waals surface area contributed by atoms with Gasteiger partial charge < -0.3 is 4.18 Å². The molecule has 0 aromatic heterocycles. The van der Waals surface area contributed by atoms with Crippen molar-refractivity contribution < 1.29 is 25.8 Å². The molecule has 1 unspecified atom stereocenters. The highest BCUT2D eigenvalue weighted by atomic mass is 32.2. The Labute approximate surface area is 144 Å². The zero-order chi connectivity index (χ0) is 18.4. The lowest BCUT2D eigenvalue weighted by Crippen LogP contribution is -2.27. The van der Waals surface area contributed by atoms with Gasteiger partial charge in [-0.05, 0) is 50.6 Å². The second kappa shape index (κ2) is 8.56. The number of halogens is 3. The minimum absolute atomic E-state index is 0.0374. The number of hydrogen-bond donors (Lipinski definition) is 0. The molecule has 0 heterocycles. The quantitative estimate of drug-likeness (QED) is 0.180. The molecule has 1 rings (SSSR count). The second-order valence-electron chi connectivity index (χ2n) is 7.38. The normalized spacial score (nSPS) is 20.2. The summed E-state index contributed by atoms with van der Waals surface area (Å²) >= 11 is 0. The van der Waals surface area contributed by atoms with Crippen molar-refractivity contribution in [2.24, 2.45) is 5.92 Å². The summed E-state index contributed by atoms with van der Waals surface area (Å²) in [6, 6.07) is 1.11. The van der Waals surface area contributed by atoms with Gasteiger partial charge in [0.05, 0.1) is 0 Å². The minimum Gasteiger partial charge on any atom is -0.381 e. The first kappa shape index (κ1) is 21.3. The lowest BCUT2D eigenvalue weighted by Gasteiger charge is -2.24. The zero-order valence-corrected chi connectivity index (χ0v) is 16.3. The van der Waals surface area contributed by atoms with Crippen molar-refractivity contribution in [3.63, 3.8) is 0 Å². The highest BCUT2D eigenvalue weighted by Gasteiger charge is 2.49. The van der Waals surface area contributed by atoms with E-state index in [1.54, 1.807) is 0 Å². The van der Waals surface area contributed by atoms with Crippen LogP contribution in [0.3, 0.4) is 0 Å². The van der Waals surface area contributed by atoms with Crippen LogP contribution in [0.2, 0.25) is 25.7 Å². The molecule has 1 aliphatic rings. The molecule has 0 aliphatic heterocycles. The van der Waals surface area contributed by atoms with E-state index >= 15 is 0 Å². The summed E-state index contributed by atoms with van der Waals surface area (Å²) in [6.07, 6.45) is 10.1. The molecule has 1 atom stereocenters.